The molecule has 0 aliphatic carbocycles. The SMILES string of the molecule is CCc1cc(C)cc2scc(S)c12. The van der Waals surface area contributed by atoms with Crippen molar-refractivity contribution < 1.29 is 0 Å². The van der Waals surface area contributed by atoms with Gasteiger partial charge in [-0.3, -0.25) is 0 Å². The van der Waals surface area contributed by atoms with Crippen molar-refractivity contribution >= 4 is 34.1 Å². The number of hydrogen-bond acceptors (Lipinski definition) is 2. The highest BCUT2D eigenvalue weighted by Crippen LogP contribution is 2.32. The summed E-state index contributed by atoms with van der Waals surface area (Å²) in [5.41, 5.74) is 2.76. The summed E-state index contributed by atoms with van der Waals surface area (Å²) in [6, 6.07) is 4.49. The number of hydrogen-bond donors (Lipinski definition) is 1. The minimum atomic E-state index is 1.09. The molecular formula is C11H12S2. The van der Waals surface area contributed by atoms with E-state index >= 15 is 0 Å². The lowest BCUT2D eigenvalue weighted by molar-refractivity contribution is 1.15. The number of rotatable bonds is 1. The highest BCUT2D eigenvalue weighted by Gasteiger charge is 2.05. The highest BCUT2D eigenvalue weighted by atomic mass is 32.1. The van der Waals surface area contributed by atoms with Crippen LogP contribution in [-0.4, -0.2) is 0 Å². The Morgan fingerprint density at radius 1 is 1.38 bits per heavy atom. The molecule has 0 unspecified atom stereocenters. The fourth-order valence-electron chi connectivity index (χ4n) is 1.67. The Hall–Kier alpha value is -0.470. The van der Waals surface area contributed by atoms with Crippen molar-refractivity contribution in [3.8, 4) is 0 Å². The molecule has 0 atom stereocenters. The third-order valence-corrected chi connectivity index (χ3v) is 3.72. The topological polar surface area (TPSA) is 0 Å². The van der Waals surface area contributed by atoms with Gasteiger partial charge in [0.15, 0.2) is 0 Å². The summed E-state index contributed by atoms with van der Waals surface area (Å²) < 4.78 is 1.36. The van der Waals surface area contributed by atoms with E-state index in [0.717, 1.165) is 11.3 Å². The van der Waals surface area contributed by atoms with Crippen LogP contribution in [0, 0.1) is 6.92 Å². The zero-order valence-electron chi connectivity index (χ0n) is 7.79. The standard InChI is InChI=1S/C11H12S2/c1-3-8-4-7(2)5-10-11(8)9(12)6-13-10/h4-6,12H,3H2,1-2H3. The summed E-state index contributed by atoms with van der Waals surface area (Å²) in [6.07, 6.45) is 1.09. The number of fused-ring (bicyclic) bond motifs is 1. The number of thiophene rings is 1. The summed E-state index contributed by atoms with van der Waals surface area (Å²) in [6.45, 7) is 4.34. The number of aryl methyl sites for hydroxylation is 2. The first kappa shape index (κ1) is 9.10. The van der Waals surface area contributed by atoms with Crippen molar-refractivity contribution in [2.45, 2.75) is 25.2 Å². The Bertz CT molecular complexity index is 441. The maximum absolute atomic E-state index is 4.47. The minimum Gasteiger partial charge on any atom is -0.143 e. The molecule has 0 N–H and O–H groups in total. The van der Waals surface area contributed by atoms with Crippen molar-refractivity contribution in [3.63, 3.8) is 0 Å². The molecule has 0 radical (unpaired) electrons. The molecule has 1 aromatic carbocycles. The molecule has 1 aromatic heterocycles. The lowest BCUT2D eigenvalue weighted by atomic mass is 10.1. The first-order valence-corrected chi connectivity index (χ1v) is 5.74. The van der Waals surface area contributed by atoms with E-state index in [2.05, 4.69) is 44.0 Å². The van der Waals surface area contributed by atoms with Gasteiger partial charge < -0.3 is 0 Å². The Balaban J connectivity index is 2.85. The lowest BCUT2D eigenvalue weighted by Crippen LogP contribution is -1.83. The van der Waals surface area contributed by atoms with Crippen LogP contribution in [0.2, 0.25) is 0 Å². The second-order valence-corrected chi connectivity index (χ2v) is 4.66. The average Bonchev–Trinajstić information content (AvgIpc) is 2.46. The third kappa shape index (κ3) is 1.49. The molecule has 0 nitrogen and oxygen atoms in total. The van der Waals surface area contributed by atoms with Gasteiger partial charge in [0.25, 0.3) is 0 Å². The van der Waals surface area contributed by atoms with Gasteiger partial charge in [-0.15, -0.1) is 24.0 Å². The highest BCUT2D eigenvalue weighted by molar-refractivity contribution is 7.80. The second-order valence-electron chi connectivity index (χ2n) is 3.27. The summed E-state index contributed by atoms with van der Waals surface area (Å²) >= 11 is 6.25. The van der Waals surface area contributed by atoms with Gasteiger partial charge in [-0.25, -0.2) is 0 Å². The van der Waals surface area contributed by atoms with Crippen molar-refractivity contribution in [2.24, 2.45) is 0 Å². The van der Waals surface area contributed by atoms with Crippen molar-refractivity contribution in [3.05, 3.63) is 28.6 Å². The van der Waals surface area contributed by atoms with E-state index in [1.807, 2.05) is 0 Å². The molecule has 0 amide bonds. The molecular weight excluding hydrogens is 196 g/mol. The Kier molecular flexibility index (Phi) is 2.35. The summed E-state index contributed by atoms with van der Waals surface area (Å²) in [5.74, 6) is 0. The van der Waals surface area contributed by atoms with Gasteiger partial charge in [0.05, 0.1) is 0 Å². The smallest absolute Gasteiger partial charge is 0.0359 e. The van der Waals surface area contributed by atoms with Crippen molar-refractivity contribution in [1.82, 2.24) is 0 Å². The van der Waals surface area contributed by atoms with E-state index in [0.29, 0.717) is 0 Å². The first-order valence-electron chi connectivity index (χ1n) is 4.42. The predicted molar refractivity (Wildman–Crippen MR) is 63.2 cm³/mol. The van der Waals surface area contributed by atoms with Crippen LogP contribution in [0.5, 0.6) is 0 Å². The van der Waals surface area contributed by atoms with E-state index in [4.69, 9.17) is 0 Å². The van der Waals surface area contributed by atoms with Gasteiger partial charge in [-0.1, -0.05) is 13.0 Å². The maximum Gasteiger partial charge on any atom is 0.0359 e. The molecule has 0 saturated carbocycles. The maximum atomic E-state index is 4.47. The van der Waals surface area contributed by atoms with Gasteiger partial charge in [0.2, 0.25) is 0 Å². The van der Waals surface area contributed by atoms with Crippen LogP contribution in [0.25, 0.3) is 10.1 Å². The van der Waals surface area contributed by atoms with Crippen LogP contribution in [0.3, 0.4) is 0 Å². The van der Waals surface area contributed by atoms with Gasteiger partial charge >= 0.3 is 0 Å². The molecule has 2 heteroatoms. The van der Waals surface area contributed by atoms with Crippen LogP contribution in [0.1, 0.15) is 18.1 Å². The molecule has 0 bridgehead atoms. The molecule has 1 heterocycles. The minimum absolute atomic E-state index is 1.09. The summed E-state index contributed by atoms with van der Waals surface area (Å²) in [7, 11) is 0. The van der Waals surface area contributed by atoms with Crippen LogP contribution in [-0.2, 0) is 6.42 Å². The van der Waals surface area contributed by atoms with Gasteiger partial charge in [0, 0.05) is 20.4 Å². The zero-order chi connectivity index (χ0) is 9.42. The average molecular weight is 208 g/mol. The molecule has 0 fully saturated rings. The van der Waals surface area contributed by atoms with E-state index in [1.54, 1.807) is 11.3 Å². The molecule has 0 spiro atoms. The molecule has 0 saturated heterocycles. The lowest BCUT2D eigenvalue weighted by Gasteiger charge is -2.02. The quantitative estimate of drug-likeness (QED) is 0.671. The molecule has 0 aliphatic heterocycles. The predicted octanol–water partition coefficient (Wildman–Crippen LogP) is 4.06. The van der Waals surface area contributed by atoms with E-state index in [9.17, 15) is 0 Å². The molecule has 68 valence electrons. The van der Waals surface area contributed by atoms with E-state index < -0.39 is 0 Å². The normalized spacial score (nSPS) is 11.0. The van der Waals surface area contributed by atoms with Crippen LogP contribution in [0.15, 0.2) is 22.4 Å². The number of thiol groups is 1. The fraction of sp³-hybridized carbons (Fsp3) is 0.273. The fourth-order valence-corrected chi connectivity index (χ4v) is 3.13. The Morgan fingerprint density at radius 2 is 2.15 bits per heavy atom. The van der Waals surface area contributed by atoms with Crippen LogP contribution >= 0.6 is 24.0 Å². The summed E-state index contributed by atoms with van der Waals surface area (Å²) in [5, 5.41) is 3.47. The molecule has 2 aromatic rings. The van der Waals surface area contributed by atoms with Crippen molar-refractivity contribution in [1.29, 1.82) is 0 Å². The van der Waals surface area contributed by atoms with Gasteiger partial charge in [-0.2, -0.15) is 0 Å². The molecule has 2 rings (SSSR count). The zero-order valence-corrected chi connectivity index (χ0v) is 9.51. The van der Waals surface area contributed by atoms with E-state index in [-0.39, 0.29) is 0 Å². The largest absolute Gasteiger partial charge is 0.143 e. The van der Waals surface area contributed by atoms with Gasteiger partial charge in [0.1, 0.15) is 0 Å². The third-order valence-electron chi connectivity index (χ3n) is 2.26. The van der Waals surface area contributed by atoms with Crippen LogP contribution < -0.4 is 0 Å². The van der Waals surface area contributed by atoms with Crippen molar-refractivity contribution in [2.75, 3.05) is 0 Å². The van der Waals surface area contributed by atoms with Crippen LogP contribution in [0.4, 0.5) is 0 Å². The monoisotopic (exact) mass is 208 g/mol. The number of benzene rings is 1. The molecule has 0 aliphatic rings. The Labute approximate surface area is 88.0 Å². The van der Waals surface area contributed by atoms with Gasteiger partial charge in [-0.05, 0) is 30.5 Å². The first-order chi connectivity index (χ1) is 6.22. The second kappa shape index (κ2) is 3.35. The van der Waals surface area contributed by atoms with E-state index in [1.165, 1.54) is 21.2 Å². The molecule has 13 heavy (non-hydrogen) atoms. The summed E-state index contributed by atoms with van der Waals surface area (Å²) in [4.78, 5) is 1.12. The Morgan fingerprint density at radius 3 is 2.85 bits per heavy atom.